The number of Topliss-reactive ketones (excluding diaryl/α,β-unsaturated/α-hetero) is 1. The van der Waals surface area contributed by atoms with Crippen LogP contribution in [0.15, 0.2) is 12.1 Å². The van der Waals surface area contributed by atoms with Crippen molar-refractivity contribution in [2.75, 3.05) is 0 Å². The number of hydrogen-bond donors (Lipinski definition) is 0. The Morgan fingerprint density at radius 3 is 2.50 bits per heavy atom. The molecule has 0 N–H and O–H groups in total. The van der Waals surface area contributed by atoms with Gasteiger partial charge in [-0.2, -0.15) is 8.78 Å². The molecule has 0 amide bonds. The molecular weight excluding hydrogens is 221 g/mol. The summed E-state index contributed by atoms with van der Waals surface area (Å²) in [5, 5.41) is 0. The van der Waals surface area contributed by atoms with Gasteiger partial charge in [0.1, 0.15) is 11.6 Å². The predicted molar refractivity (Wildman–Crippen MR) is 52.4 cm³/mol. The van der Waals surface area contributed by atoms with Crippen molar-refractivity contribution >= 4 is 5.78 Å². The molecule has 0 aromatic heterocycles. The zero-order valence-electron chi connectivity index (χ0n) is 8.89. The lowest BCUT2D eigenvalue weighted by Gasteiger charge is -2.13. The van der Waals surface area contributed by atoms with Gasteiger partial charge in [-0.15, -0.1) is 0 Å². The van der Waals surface area contributed by atoms with Crippen molar-refractivity contribution in [2.45, 2.75) is 26.9 Å². The molecule has 88 valence electrons. The number of carbonyl (C=O) groups is 1. The highest BCUT2D eigenvalue weighted by molar-refractivity contribution is 5.97. The van der Waals surface area contributed by atoms with Gasteiger partial charge in [-0.05, 0) is 31.0 Å². The Kier molecular flexibility index (Phi) is 3.93. The van der Waals surface area contributed by atoms with E-state index in [1.165, 1.54) is 6.92 Å². The fourth-order valence-corrected chi connectivity index (χ4v) is 1.40. The van der Waals surface area contributed by atoms with Crippen LogP contribution in [0.25, 0.3) is 0 Å². The highest BCUT2D eigenvalue weighted by Gasteiger charge is 2.18. The molecule has 0 aliphatic rings. The number of benzene rings is 1. The van der Waals surface area contributed by atoms with E-state index in [2.05, 4.69) is 4.74 Å². The summed E-state index contributed by atoms with van der Waals surface area (Å²) in [7, 11) is 0. The second kappa shape index (κ2) is 5.01. The van der Waals surface area contributed by atoms with Gasteiger partial charge >= 0.3 is 6.61 Å². The Morgan fingerprint density at radius 1 is 1.44 bits per heavy atom. The first kappa shape index (κ1) is 12.5. The lowest BCUT2D eigenvalue weighted by Crippen LogP contribution is -2.09. The van der Waals surface area contributed by atoms with E-state index in [9.17, 15) is 18.0 Å². The Balaban J connectivity index is 3.33. The van der Waals surface area contributed by atoms with E-state index in [4.69, 9.17) is 0 Å². The topological polar surface area (TPSA) is 26.3 Å². The van der Waals surface area contributed by atoms with E-state index >= 15 is 0 Å². The van der Waals surface area contributed by atoms with Crippen LogP contribution >= 0.6 is 0 Å². The molecule has 2 nitrogen and oxygen atoms in total. The van der Waals surface area contributed by atoms with Crippen LogP contribution in [0.1, 0.15) is 29.8 Å². The van der Waals surface area contributed by atoms with E-state index in [0.29, 0.717) is 6.42 Å². The van der Waals surface area contributed by atoms with E-state index < -0.39 is 18.2 Å². The van der Waals surface area contributed by atoms with Crippen molar-refractivity contribution in [3.63, 3.8) is 0 Å². The van der Waals surface area contributed by atoms with Gasteiger partial charge in [0, 0.05) is 0 Å². The molecule has 0 aliphatic heterocycles. The van der Waals surface area contributed by atoms with Gasteiger partial charge in [-0.3, -0.25) is 4.79 Å². The molecule has 0 heterocycles. The fraction of sp³-hybridized carbons (Fsp3) is 0.364. The largest absolute Gasteiger partial charge is 0.434 e. The Labute approximate surface area is 91.0 Å². The van der Waals surface area contributed by atoms with Crippen LogP contribution in [0, 0.1) is 5.82 Å². The van der Waals surface area contributed by atoms with Crippen LogP contribution in [0.4, 0.5) is 13.2 Å². The predicted octanol–water partition coefficient (Wildman–Crippen LogP) is 3.19. The normalized spacial score (nSPS) is 10.6. The summed E-state index contributed by atoms with van der Waals surface area (Å²) in [4.78, 5) is 11.2. The molecule has 0 radical (unpaired) electrons. The zero-order chi connectivity index (χ0) is 12.3. The average molecular weight is 232 g/mol. The first-order valence-corrected chi connectivity index (χ1v) is 4.73. The molecule has 1 aromatic carbocycles. The summed E-state index contributed by atoms with van der Waals surface area (Å²) in [6, 6.07) is 1.99. The third-order valence-electron chi connectivity index (χ3n) is 2.10. The minimum absolute atomic E-state index is 0.155. The summed E-state index contributed by atoms with van der Waals surface area (Å²) in [6.07, 6.45) is 0.306. The summed E-state index contributed by atoms with van der Waals surface area (Å²) in [6.45, 7) is -0.197. The molecule has 16 heavy (non-hydrogen) atoms. The zero-order valence-corrected chi connectivity index (χ0v) is 8.89. The first-order chi connectivity index (χ1) is 7.45. The van der Waals surface area contributed by atoms with Gasteiger partial charge in [0.15, 0.2) is 5.78 Å². The molecule has 0 unspecified atom stereocenters. The SMILES string of the molecule is CCc1cc(F)cc(C(C)=O)c1OC(F)F. The number of rotatable bonds is 4. The Morgan fingerprint density at radius 2 is 2.06 bits per heavy atom. The number of ether oxygens (including phenoxy) is 1. The number of ketones is 1. The smallest absolute Gasteiger partial charge is 0.387 e. The van der Waals surface area contributed by atoms with Crippen molar-refractivity contribution in [3.8, 4) is 5.75 Å². The van der Waals surface area contributed by atoms with E-state index in [0.717, 1.165) is 12.1 Å². The molecule has 5 heteroatoms. The van der Waals surface area contributed by atoms with Crippen LogP contribution in [0.5, 0.6) is 5.75 Å². The number of halogens is 3. The van der Waals surface area contributed by atoms with Crippen molar-refractivity contribution in [1.29, 1.82) is 0 Å². The van der Waals surface area contributed by atoms with Gasteiger partial charge < -0.3 is 4.74 Å². The first-order valence-electron chi connectivity index (χ1n) is 4.73. The van der Waals surface area contributed by atoms with Crippen molar-refractivity contribution in [1.82, 2.24) is 0 Å². The third-order valence-corrected chi connectivity index (χ3v) is 2.10. The quantitative estimate of drug-likeness (QED) is 0.745. The molecule has 0 saturated carbocycles. The average Bonchev–Trinajstić information content (AvgIpc) is 2.19. The highest BCUT2D eigenvalue weighted by atomic mass is 19.3. The lowest BCUT2D eigenvalue weighted by molar-refractivity contribution is -0.0507. The molecule has 0 bridgehead atoms. The summed E-state index contributed by atoms with van der Waals surface area (Å²) in [5.74, 6) is -1.38. The molecule has 0 aliphatic carbocycles. The Bertz CT molecular complexity index is 402. The summed E-state index contributed by atoms with van der Waals surface area (Å²) < 4.78 is 41.7. The Hall–Kier alpha value is -1.52. The summed E-state index contributed by atoms with van der Waals surface area (Å²) in [5.41, 5.74) is 0.0997. The third kappa shape index (κ3) is 2.74. The van der Waals surface area contributed by atoms with Gasteiger partial charge in [-0.25, -0.2) is 4.39 Å². The number of aryl methyl sites for hydroxylation is 1. The molecule has 0 spiro atoms. The van der Waals surface area contributed by atoms with Gasteiger partial charge in [0.25, 0.3) is 0 Å². The van der Waals surface area contributed by atoms with Crippen molar-refractivity contribution < 1.29 is 22.7 Å². The molecule has 0 saturated heterocycles. The van der Waals surface area contributed by atoms with Gasteiger partial charge in [0.2, 0.25) is 0 Å². The standard InChI is InChI=1S/C11H11F3O2/c1-3-7-4-8(12)5-9(6(2)15)10(7)16-11(13)14/h4-5,11H,3H2,1-2H3. The molecule has 1 rings (SSSR count). The molecule has 0 fully saturated rings. The second-order valence-electron chi connectivity index (χ2n) is 3.23. The fourth-order valence-electron chi connectivity index (χ4n) is 1.40. The molecule has 1 aromatic rings. The van der Waals surface area contributed by atoms with E-state index in [1.807, 2.05) is 0 Å². The second-order valence-corrected chi connectivity index (χ2v) is 3.23. The van der Waals surface area contributed by atoms with Crippen LogP contribution in [0.2, 0.25) is 0 Å². The minimum atomic E-state index is -3.03. The number of carbonyl (C=O) groups excluding carboxylic acids is 1. The molecule has 0 atom stereocenters. The van der Waals surface area contributed by atoms with Gasteiger partial charge in [0.05, 0.1) is 5.56 Å². The lowest BCUT2D eigenvalue weighted by atomic mass is 10.0. The number of hydrogen-bond acceptors (Lipinski definition) is 2. The maximum Gasteiger partial charge on any atom is 0.387 e. The highest BCUT2D eigenvalue weighted by Crippen LogP contribution is 2.28. The maximum atomic E-state index is 13.1. The summed E-state index contributed by atoms with van der Waals surface area (Å²) >= 11 is 0. The monoisotopic (exact) mass is 232 g/mol. The van der Waals surface area contributed by atoms with Crippen LogP contribution in [0.3, 0.4) is 0 Å². The molecular formula is C11H11F3O2. The van der Waals surface area contributed by atoms with Gasteiger partial charge in [-0.1, -0.05) is 6.92 Å². The van der Waals surface area contributed by atoms with E-state index in [-0.39, 0.29) is 16.9 Å². The van der Waals surface area contributed by atoms with Crippen LogP contribution < -0.4 is 4.74 Å². The minimum Gasteiger partial charge on any atom is -0.434 e. The van der Waals surface area contributed by atoms with Crippen LogP contribution in [-0.4, -0.2) is 12.4 Å². The maximum absolute atomic E-state index is 13.1. The van der Waals surface area contributed by atoms with Crippen molar-refractivity contribution in [3.05, 3.63) is 29.1 Å². The number of alkyl halides is 2. The van der Waals surface area contributed by atoms with Crippen molar-refractivity contribution in [2.24, 2.45) is 0 Å². The van der Waals surface area contributed by atoms with Crippen LogP contribution in [-0.2, 0) is 6.42 Å². The van der Waals surface area contributed by atoms with E-state index in [1.54, 1.807) is 6.92 Å².